The van der Waals surface area contributed by atoms with Crippen LogP contribution in [0.2, 0.25) is 0 Å². The van der Waals surface area contributed by atoms with Crippen molar-refractivity contribution in [2.45, 2.75) is 17.4 Å². The van der Waals surface area contributed by atoms with Gasteiger partial charge in [0.25, 0.3) is 5.69 Å². The maximum absolute atomic E-state index is 12.6. The third-order valence-corrected chi connectivity index (χ3v) is 5.95. The van der Waals surface area contributed by atoms with Gasteiger partial charge >= 0.3 is 0 Å². The van der Waals surface area contributed by atoms with Crippen molar-refractivity contribution in [2.24, 2.45) is 0 Å². The van der Waals surface area contributed by atoms with Crippen LogP contribution >= 0.6 is 0 Å². The Labute approximate surface area is 158 Å². The Hall–Kier alpha value is -2.49. The lowest BCUT2D eigenvalue weighted by Crippen LogP contribution is -2.34. The van der Waals surface area contributed by atoms with Gasteiger partial charge in [-0.2, -0.15) is 0 Å². The molecule has 144 valence electrons. The predicted octanol–water partition coefficient (Wildman–Crippen LogP) is 2.11. The van der Waals surface area contributed by atoms with Gasteiger partial charge in [0.1, 0.15) is 5.75 Å². The van der Waals surface area contributed by atoms with Crippen molar-refractivity contribution in [1.82, 2.24) is 9.62 Å². The monoisotopic (exact) mass is 391 g/mol. The number of rotatable bonds is 7. The minimum absolute atomic E-state index is 0.128. The number of hydrogen-bond donors (Lipinski definition) is 1. The summed E-state index contributed by atoms with van der Waals surface area (Å²) in [5, 5.41) is 10.9. The molecular formula is C18H21N3O5S. The number of likely N-dealkylation sites (N-methyl/N-ethyl adjacent to an activating group) is 1. The molecule has 3 rings (SSSR count). The highest BCUT2D eigenvalue weighted by molar-refractivity contribution is 7.89. The first-order valence-electron chi connectivity index (χ1n) is 8.44. The zero-order chi connectivity index (χ0) is 19.6. The van der Waals surface area contributed by atoms with E-state index in [1.807, 2.05) is 37.2 Å². The van der Waals surface area contributed by atoms with Crippen LogP contribution in [0.5, 0.6) is 5.75 Å². The Balaban J connectivity index is 1.79. The fraction of sp³-hybridized carbons (Fsp3) is 0.333. The molecule has 0 aliphatic carbocycles. The molecule has 8 nitrogen and oxygen atoms in total. The van der Waals surface area contributed by atoms with E-state index in [1.165, 1.54) is 18.2 Å². The maximum Gasteiger partial charge on any atom is 0.270 e. The van der Waals surface area contributed by atoms with Crippen LogP contribution < -0.4 is 9.46 Å². The molecule has 1 atom stereocenters. The van der Waals surface area contributed by atoms with Crippen LogP contribution in [0, 0.1) is 10.1 Å². The van der Waals surface area contributed by atoms with Gasteiger partial charge in [-0.15, -0.1) is 0 Å². The molecule has 1 unspecified atom stereocenters. The van der Waals surface area contributed by atoms with Gasteiger partial charge in [-0.1, -0.05) is 18.2 Å². The van der Waals surface area contributed by atoms with Crippen molar-refractivity contribution in [3.8, 4) is 5.75 Å². The molecule has 27 heavy (non-hydrogen) atoms. The third-order valence-electron chi connectivity index (χ3n) is 4.53. The van der Waals surface area contributed by atoms with E-state index >= 15 is 0 Å². The van der Waals surface area contributed by atoms with Crippen molar-refractivity contribution in [1.29, 1.82) is 0 Å². The average Bonchev–Trinajstić information content (AvgIpc) is 3.09. The number of benzene rings is 2. The van der Waals surface area contributed by atoms with Gasteiger partial charge in [0, 0.05) is 31.1 Å². The number of nitrogens with zero attached hydrogens (tertiary/aromatic N) is 2. The largest absolute Gasteiger partial charge is 0.493 e. The van der Waals surface area contributed by atoms with Crippen LogP contribution in [-0.4, -0.2) is 45.5 Å². The second kappa shape index (κ2) is 7.63. The summed E-state index contributed by atoms with van der Waals surface area (Å²) in [4.78, 5) is 12.1. The number of fused-ring (bicyclic) bond motifs is 1. The highest BCUT2D eigenvalue weighted by Crippen LogP contribution is 2.29. The third kappa shape index (κ3) is 4.26. The zero-order valence-electron chi connectivity index (χ0n) is 15.1. The highest BCUT2D eigenvalue weighted by Gasteiger charge is 2.23. The maximum atomic E-state index is 12.6. The fourth-order valence-electron chi connectivity index (χ4n) is 3.05. The van der Waals surface area contributed by atoms with Crippen molar-refractivity contribution in [2.75, 3.05) is 27.2 Å². The van der Waals surface area contributed by atoms with Crippen LogP contribution in [0.4, 0.5) is 5.69 Å². The standard InChI is InChI=1S/C18H21N3O5S/c1-20(2)17(13-6-7-18-14(10-13)8-9-26-18)12-19-27(24,25)16-5-3-4-15(11-16)21(22)23/h3-7,10-11,17,19H,8-9,12H2,1-2H3. The zero-order valence-corrected chi connectivity index (χ0v) is 15.9. The van der Waals surface area contributed by atoms with E-state index in [-0.39, 0.29) is 23.2 Å². The molecule has 0 saturated carbocycles. The van der Waals surface area contributed by atoms with Crippen LogP contribution in [0.15, 0.2) is 47.4 Å². The topological polar surface area (TPSA) is 102 Å². The van der Waals surface area contributed by atoms with E-state index in [0.717, 1.165) is 29.4 Å². The molecule has 0 aromatic heterocycles. The molecule has 0 fully saturated rings. The average molecular weight is 391 g/mol. The number of nitro benzene ring substituents is 1. The molecule has 9 heteroatoms. The molecule has 1 N–H and O–H groups in total. The molecular weight excluding hydrogens is 370 g/mol. The fourth-order valence-corrected chi connectivity index (χ4v) is 4.13. The lowest BCUT2D eigenvalue weighted by Gasteiger charge is -2.25. The van der Waals surface area contributed by atoms with E-state index in [0.29, 0.717) is 6.61 Å². The lowest BCUT2D eigenvalue weighted by molar-refractivity contribution is -0.385. The summed E-state index contributed by atoms with van der Waals surface area (Å²) in [5.41, 5.74) is 1.83. The summed E-state index contributed by atoms with van der Waals surface area (Å²) in [7, 11) is -0.128. The number of non-ortho nitro benzene ring substituents is 1. The number of ether oxygens (including phenoxy) is 1. The number of nitro groups is 1. The Morgan fingerprint density at radius 2 is 2.04 bits per heavy atom. The van der Waals surface area contributed by atoms with E-state index < -0.39 is 14.9 Å². The van der Waals surface area contributed by atoms with E-state index in [9.17, 15) is 18.5 Å². The second-order valence-electron chi connectivity index (χ2n) is 6.55. The summed E-state index contributed by atoms with van der Waals surface area (Å²) < 4.78 is 33.2. The highest BCUT2D eigenvalue weighted by atomic mass is 32.2. The van der Waals surface area contributed by atoms with Gasteiger partial charge < -0.3 is 9.64 Å². The van der Waals surface area contributed by atoms with Crippen LogP contribution in [0.1, 0.15) is 17.2 Å². The van der Waals surface area contributed by atoms with Gasteiger partial charge in [0.15, 0.2) is 0 Å². The Bertz CT molecular complexity index is 959. The smallest absolute Gasteiger partial charge is 0.270 e. The Kier molecular flexibility index (Phi) is 5.45. The molecule has 2 aromatic carbocycles. The van der Waals surface area contributed by atoms with Gasteiger partial charge in [0.05, 0.1) is 16.4 Å². The minimum atomic E-state index is -3.87. The summed E-state index contributed by atoms with van der Waals surface area (Å²) in [6.45, 7) is 0.794. The summed E-state index contributed by atoms with van der Waals surface area (Å²) >= 11 is 0. The van der Waals surface area contributed by atoms with Gasteiger partial charge in [0.2, 0.25) is 10.0 Å². The minimum Gasteiger partial charge on any atom is -0.493 e. The second-order valence-corrected chi connectivity index (χ2v) is 8.32. The SMILES string of the molecule is CN(C)C(CNS(=O)(=O)c1cccc([N+](=O)[O-])c1)c1ccc2c(c1)CCO2. The first kappa shape index (κ1) is 19.3. The molecule has 0 bridgehead atoms. The molecule has 1 heterocycles. The predicted molar refractivity (Wildman–Crippen MR) is 100 cm³/mol. The van der Waals surface area contributed by atoms with Crippen molar-refractivity contribution in [3.05, 3.63) is 63.7 Å². The van der Waals surface area contributed by atoms with Gasteiger partial charge in [-0.05, 0) is 37.4 Å². The lowest BCUT2D eigenvalue weighted by atomic mass is 10.0. The number of sulfonamides is 1. The molecule has 1 aliphatic rings. The van der Waals surface area contributed by atoms with E-state index in [2.05, 4.69) is 4.72 Å². The summed E-state index contributed by atoms with van der Waals surface area (Å²) in [6, 6.07) is 10.7. The molecule has 0 amide bonds. The first-order valence-corrected chi connectivity index (χ1v) is 9.92. The molecule has 0 spiro atoms. The Morgan fingerprint density at radius 3 is 2.74 bits per heavy atom. The van der Waals surface area contributed by atoms with Gasteiger partial charge in [-0.3, -0.25) is 10.1 Å². The molecule has 1 aliphatic heterocycles. The Morgan fingerprint density at radius 1 is 1.26 bits per heavy atom. The number of hydrogen-bond acceptors (Lipinski definition) is 6. The van der Waals surface area contributed by atoms with Crippen molar-refractivity contribution >= 4 is 15.7 Å². The van der Waals surface area contributed by atoms with E-state index in [1.54, 1.807) is 0 Å². The summed E-state index contributed by atoms with van der Waals surface area (Å²) in [5.74, 6) is 0.869. The van der Waals surface area contributed by atoms with Crippen LogP contribution in [0.3, 0.4) is 0 Å². The molecule has 2 aromatic rings. The van der Waals surface area contributed by atoms with Crippen molar-refractivity contribution in [3.63, 3.8) is 0 Å². The summed E-state index contributed by atoms with van der Waals surface area (Å²) in [6.07, 6.45) is 0.836. The van der Waals surface area contributed by atoms with Crippen LogP contribution in [0.25, 0.3) is 0 Å². The first-order chi connectivity index (χ1) is 12.8. The quantitative estimate of drug-likeness (QED) is 0.573. The van der Waals surface area contributed by atoms with E-state index in [4.69, 9.17) is 4.74 Å². The molecule has 0 radical (unpaired) electrons. The normalized spacial score (nSPS) is 14.6. The molecule has 0 saturated heterocycles. The van der Waals surface area contributed by atoms with Gasteiger partial charge in [-0.25, -0.2) is 13.1 Å². The number of nitrogens with one attached hydrogen (secondary N) is 1. The van der Waals surface area contributed by atoms with Crippen LogP contribution in [-0.2, 0) is 16.4 Å². The van der Waals surface area contributed by atoms with Crippen molar-refractivity contribution < 1.29 is 18.1 Å².